The third kappa shape index (κ3) is 4.71. The lowest BCUT2D eigenvalue weighted by atomic mass is 9.88. The summed E-state index contributed by atoms with van der Waals surface area (Å²) in [6.07, 6.45) is 1.38. The van der Waals surface area contributed by atoms with Crippen molar-refractivity contribution < 1.29 is 18.8 Å². The molecule has 0 heterocycles. The molecular weight excluding hydrogens is 356 g/mol. The number of carbonyl (C=O) groups is 3. The second-order valence-electron chi connectivity index (χ2n) is 8.32. The quantitative estimate of drug-likeness (QED) is 0.336. The Morgan fingerprint density at radius 3 is 2.33 bits per heavy atom. The number of Topliss-reactive ketones (excluding diaryl/α,β-unsaturated/α-hetero) is 2. The molecular formula is C22H26O4Si. The van der Waals surface area contributed by atoms with Crippen LogP contribution in [-0.4, -0.2) is 31.8 Å². The minimum Gasteiger partial charge on any atom is -0.413 e. The average molecular weight is 383 g/mol. The first-order valence-electron chi connectivity index (χ1n) is 9.05. The molecule has 1 aliphatic rings. The van der Waals surface area contributed by atoms with Gasteiger partial charge in [-0.05, 0) is 31.0 Å². The fourth-order valence-corrected chi connectivity index (χ4v) is 3.99. The van der Waals surface area contributed by atoms with Crippen LogP contribution in [0.4, 0.5) is 0 Å². The Bertz CT molecular complexity index is 876. The topological polar surface area (TPSA) is 60.4 Å². The van der Waals surface area contributed by atoms with E-state index in [1.54, 1.807) is 24.3 Å². The zero-order chi connectivity index (χ0) is 20.4. The molecule has 2 rings (SSSR count). The first-order chi connectivity index (χ1) is 12.4. The van der Waals surface area contributed by atoms with Gasteiger partial charge in [0.1, 0.15) is 0 Å². The number of fused-ring (bicyclic) bond motifs is 1. The van der Waals surface area contributed by atoms with Crippen molar-refractivity contribution in [1.29, 1.82) is 0 Å². The van der Waals surface area contributed by atoms with E-state index >= 15 is 0 Å². The molecule has 0 N–H and O–H groups in total. The Kier molecular flexibility index (Phi) is 6.03. The van der Waals surface area contributed by atoms with Gasteiger partial charge in [-0.1, -0.05) is 51.0 Å². The molecule has 1 unspecified atom stereocenters. The van der Waals surface area contributed by atoms with Crippen LogP contribution in [0.15, 0.2) is 35.9 Å². The molecule has 0 spiro atoms. The van der Waals surface area contributed by atoms with E-state index in [1.165, 1.54) is 0 Å². The number of allylic oxidation sites excluding steroid dienone is 2. The molecule has 0 amide bonds. The van der Waals surface area contributed by atoms with Gasteiger partial charge in [-0.2, -0.15) is 0 Å². The van der Waals surface area contributed by atoms with Crippen LogP contribution in [0.3, 0.4) is 0 Å². The summed E-state index contributed by atoms with van der Waals surface area (Å²) in [5, 5.41) is 0.0948. The van der Waals surface area contributed by atoms with Gasteiger partial charge in [0, 0.05) is 23.6 Å². The highest BCUT2D eigenvalue weighted by Crippen LogP contribution is 2.37. The van der Waals surface area contributed by atoms with E-state index < -0.39 is 19.9 Å². The van der Waals surface area contributed by atoms with Gasteiger partial charge < -0.3 is 4.43 Å². The maximum atomic E-state index is 12.5. The van der Waals surface area contributed by atoms with Gasteiger partial charge in [-0.25, -0.2) is 0 Å². The molecule has 0 radical (unpaired) electrons. The molecule has 0 bridgehead atoms. The molecule has 1 aromatic rings. The Hall–Kier alpha value is -2.29. The van der Waals surface area contributed by atoms with Gasteiger partial charge in [0.2, 0.25) is 5.78 Å². The van der Waals surface area contributed by atoms with E-state index in [4.69, 9.17) is 4.43 Å². The fraction of sp³-hybridized carbons (Fsp3) is 0.409. The first kappa shape index (κ1) is 21.0. The molecule has 0 aromatic heterocycles. The number of hydrogen-bond acceptors (Lipinski definition) is 4. The predicted octanol–water partition coefficient (Wildman–Crippen LogP) is 4.36. The van der Waals surface area contributed by atoms with Crippen molar-refractivity contribution in [2.45, 2.75) is 58.4 Å². The lowest BCUT2D eigenvalue weighted by Crippen LogP contribution is -2.43. The molecule has 0 fully saturated rings. The fourth-order valence-electron chi connectivity index (χ4n) is 2.55. The minimum absolute atomic E-state index is 0.0948. The molecule has 1 atom stereocenters. The summed E-state index contributed by atoms with van der Waals surface area (Å²) in [4.78, 5) is 36.9. The monoisotopic (exact) mass is 382 g/mol. The smallest absolute Gasteiger partial charge is 0.239 e. The van der Waals surface area contributed by atoms with Crippen LogP contribution in [-0.2, 0) is 9.22 Å². The standard InChI is InChI=1S/C22H26O4Si/c1-15(26-27(5,6)22(2,3)4)10-9-13-19(23)18-14-20(24)16-11-7-8-12-17(16)21(18)25/h7-8,11-12,14-15H,10H2,1-6H3. The Balaban J connectivity index is 2.07. The largest absolute Gasteiger partial charge is 0.413 e. The number of carbonyl (C=O) groups excluding carboxylic acids is 3. The van der Waals surface area contributed by atoms with Gasteiger partial charge in [0.15, 0.2) is 19.9 Å². The second kappa shape index (κ2) is 7.75. The maximum Gasteiger partial charge on any atom is 0.239 e. The number of rotatable bonds is 4. The second-order valence-corrected chi connectivity index (χ2v) is 13.1. The first-order valence-corrected chi connectivity index (χ1v) is 12.0. The third-order valence-corrected chi connectivity index (χ3v) is 9.70. The molecule has 142 valence electrons. The SMILES string of the molecule is CC(CC#CC(=O)C1=CC(=O)c2ccccc2C1=O)O[Si](C)(C)C(C)(C)C. The van der Waals surface area contributed by atoms with Crippen molar-refractivity contribution in [2.75, 3.05) is 0 Å². The summed E-state index contributed by atoms with van der Waals surface area (Å²) >= 11 is 0. The van der Waals surface area contributed by atoms with E-state index in [0.29, 0.717) is 12.0 Å². The molecule has 1 aromatic carbocycles. The summed E-state index contributed by atoms with van der Waals surface area (Å²) in [7, 11) is -1.90. The summed E-state index contributed by atoms with van der Waals surface area (Å²) in [6.45, 7) is 12.8. The molecule has 5 heteroatoms. The van der Waals surface area contributed by atoms with E-state index in [-0.39, 0.29) is 28.1 Å². The van der Waals surface area contributed by atoms with Crippen molar-refractivity contribution in [3.05, 3.63) is 47.0 Å². The summed E-state index contributed by atoms with van der Waals surface area (Å²) in [6, 6.07) is 6.49. The van der Waals surface area contributed by atoms with Crippen LogP contribution in [0.1, 0.15) is 54.8 Å². The highest BCUT2D eigenvalue weighted by Gasteiger charge is 2.38. The average Bonchev–Trinajstić information content (AvgIpc) is 2.56. The summed E-state index contributed by atoms with van der Waals surface area (Å²) in [5.74, 6) is 3.89. The van der Waals surface area contributed by atoms with Crippen LogP contribution in [0, 0.1) is 11.8 Å². The van der Waals surface area contributed by atoms with Crippen LogP contribution in [0.25, 0.3) is 0 Å². The molecule has 0 aliphatic heterocycles. The summed E-state index contributed by atoms with van der Waals surface area (Å²) < 4.78 is 6.20. The number of ketones is 3. The zero-order valence-corrected chi connectivity index (χ0v) is 17.8. The van der Waals surface area contributed by atoms with Crippen LogP contribution in [0.5, 0.6) is 0 Å². The molecule has 0 saturated heterocycles. The van der Waals surface area contributed by atoms with Crippen molar-refractivity contribution in [1.82, 2.24) is 0 Å². The van der Waals surface area contributed by atoms with Crippen molar-refractivity contribution in [3.63, 3.8) is 0 Å². The van der Waals surface area contributed by atoms with E-state index in [1.807, 2.05) is 6.92 Å². The van der Waals surface area contributed by atoms with Gasteiger partial charge >= 0.3 is 0 Å². The van der Waals surface area contributed by atoms with Crippen LogP contribution < -0.4 is 0 Å². The van der Waals surface area contributed by atoms with Gasteiger partial charge in [-0.3, -0.25) is 14.4 Å². The Morgan fingerprint density at radius 1 is 1.15 bits per heavy atom. The number of hydrogen-bond donors (Lipinski definition) is 0. The zero-order valence-electron chi connectivity index (χ0n) is 16.8. The van der Waals surface area contributed by atoms with Gasteiger partial charge in [-0.15, -0.1) is 0 Å². The van der Waals surface area contributed by atoms with Crippen LogP contribution >= 0.6 is 0 Å². The van der Waals surface area contributed by atoms with E-state index in [2.05, 4.69) is 45.7 Å². The molecule has 4 nitrogen and oxygen atoms in total. The van der Waals surface area contributed by atoms with Crippen molar-refractivity contribution >= 4 is 25.7 Å². The Labute approximate surface area is 162 Å². The highest BCUT2D eigenvalue weighted by molar-refractivity contribution is 6.74. The maximum absolute atomic E-state index is 12.5. The van der Waals surface area contributed by atoms with Gasteiger partial charge in [0.05, 0.1) is 11.7 Å². The molecule has 27 heavy (non-hydrogen) atoms. The number of benzene rings is 1. The van der Waals surface area contributed by atoms with E-state index in [0.717, 1.165) is 6.08 Å². The predicted molar refractivity (Wildman–Crippen MR) is 108 cm³/mol. The lowest BCUT2D eigenvalue weighted by Gasteiger charge is -2.38. The normalized spacial score (nSPS) is 15.4. The van der Waals surface area contributed by atoms with Crippen molar-refractivity contribution in [3.8, 4) is 11.8 Å². The third-order valence-electron chi connectivity index (χ3n) is 5.10. The Morgan fingerprint density at radius 2 is 1.74 bits per heavy atom. The molecule has 1 aliphatic carbocycles. The van der Waals surface area contributed by atoms with Gasteiger partial charge in [0.25, 0.3) is 0 Å². The lowest BCUT2D eigenvalue weighted by molar-refractivity contribution is -0.110. The highest BCUT2D eigenvalue weighted by atomic mass is 28.4. The van der Waals surface area contributed by atoms with Crippen LogP contribution in [0.2, 0.25) is 18.1 Å². The van der Waals surface area contributed by atoms with E-state index in [9.17, 15) is 14.4 Å². The minimum atomic E-state index is -1.90. The van der Waals surface area contributed by atoms with Crippen molar-refractivity contribution in [2.24, 2.45) is 0 Å². The molecule has 0 saturated carbocycles. The summed E-state index contributed by atoms with van der Waals surface area (Å²) in [5.41, 5.74) is 0.414.